The zero-order valence-electron chi connectivity index (χ0n) is 9.52. The van der Waals surface area contributed by atoms with Gasteiger partial charge in [-0.2, -0.15) is 0 Å². The minimum absolute atomic E-state index is 0.0351. The van der Waals surface area contributed by atoms with E-state index in [9.17, 15) is 4.79 Å². The summed E-state index contributed by atoms with van der Waals surface area (Å²) in [6.07, 6.45) is 2.76. The molecule has 4 heteroatoms. The lowest BCUT2D eigenvalue weighted by atomic mass is 10.2. The van der Waals surface area contributed by atoms with Gasteiger partial charge in [-0.25, -0.2) is 0 Å². The molecule has 0 aliphatic carbocycles. The number of likely N-dealkylation sites (tertiary alicyclic amines) is 1. The summed E-state index contributed by atoms with van der Waals surface area (Å²) in [6.45, 7) is 4.32. The highest BCUT2D eigenvalue weighted by Crippen LogP contribution is 2.17. The lowest BCUT2D eigenvalue weighted by Gasteiger charge is -2.15. The molecule has 1 aliphatic heterocycles. The largest absolute Gasteiger partial charge is 0.337 e. The van der Waals surface area contributed by atoms with Crippen LogP contribution in [-0.2, 0) is 6.54 Å². The van der Waals surface area contributed by atoms with Gasteiger partial charge in [-0.15, -0.1) is 0 Å². The number of carbonyl (C=O) groups excluding carboxylic acids is 1. The van der Waals surface area contributed by atoms with Gasteiger partial charge in [0.15, 0.2) is 0 Å². The molecule has 1 aliphatic rings. The second-order valence-electron chi connectivity index (χ2n) is 4.40. The van der Waals surface area contributed by atoms with E-state index in [0.717, 1.165) is 25.1 Å². The van der Waals surface area contributed by atoms with Crippen molar-refractivity contribution in [3.63, 3.8) is 0 Å². The predicted molar refractivity (Wildman–Crippen MR) is 61.8 cm³/mol. The molecule has 16 heavy (non-hydrogen) atoms. The molecule has 1 fully saturated rings. The van der Waals surface area contributed by atoms with Crippen molar-refractivity contribution in [1.82, 2.24) is 9.88 Å². The van der Waals surface area contributed by atoms with Crippen LogP contribution in [0.25, 0.3) is 0 Å². The van der Waals surface area contributed by atoms with Crippen LogP contribution >= 0.6 is 0 Å². The van der Waals surface area contributed by atoms with Crippen molar-refractivity contribution in [3.05, 3.63) is 29.6 Å². The molecule has 1 aromatic heterocycles. The zero-order chi connectivity index (χ0) is 11.5. The Hall–Kier alpha value is -1.42. The molecule has 86 valence electrons. The topological polar surface area (TPSA) is 59.2 Å². The number of rotatable bonds is 2. The highest BCUT2D eigenvalue weighted by atomic mass is 16.2. The predicted octanol–water partition coefficient (Wildman–Crippen LogP) is 1.02. The highest BCUT2D eigenvalue weighted by molar-refractivity contribution is 5.92. The number of amides is 1. The van der Waals surface area contributed by atoms with Crippen LogP contribution < -0.4 is 5.73 Å². The molecule has 1 unspecified atom stereocenters. The number of hydrogen-bond acceptors (Lipinski definition) is 3. The summed E-state index contributed by atoms with van der Waals surface area (Å²) < 4.78 is 0. The fourth-order valence-corrected chi connectivity index (χ4v) is 1.95. The summed E-state index contributed by atoms with van der Waals surface area (Å²) in [5, 5.41) is 0. The van der Waals surface area contributed by atoms with Gasteiger partial charge in [0.2, 0.25) is 0 Å². The van der Waals surface area contributed by atoms with Crippen molar-refractivity contribution in [2.45, 2.75) is 19.9 Å². The Morgan fingerprint density at radius 3 is 2.94 bits per heavy atom. The summed E-state index contributed by atoms with van der Waals surface area (Å²) in [5.41, 5.74) is 6.95. The number of nitrogens with two attached hydrogens (primary N) is 1. The Bertz CT molecular complexity index is 374. The van der Waals surface area contributed by atoms with Gasteiger partial charge in [0, 0.05) is 25.8 Å². The fourth-order valence-electron chi connectivity index (χ4n) is 1.95. The quantitative estimate of drug-likeness (QED) is 0.808. The van der Waals surface area contributed by atoms with E-state index in [1.165, 1.54) is 0 Å². The van der Waals surface area contributed by atoms with Crippen LogP contribution in [0.3, 0.4) is 0 Å². The van der Waals surface area contributed by atoms with E-state index in [-0.39, 0.29) is 5.91 Å². The Kier molecular flexibility index (Phi) is 3.19. The normalized spacial score (nSPS) is 20.1. The van der Waals surface area contributed by atoms with Crippen LogP contribution in [0.2, 0.25) is 0 Å². The maximum atomic E-state index is 12.0. The van der Waals surface area contributed by atoms with Crippen LogP contribution in [0.4, 0.5) is 0 Å². The van der Waals surface area contributed by atoms with Crippen molar-refractivity contribution >= 4 is 5.91 Å². The first-order chi connectivity index (χ1) is 7.70. The van der Waals surface area contributed by atoms with Crippen molar-refractivity contribution < 1.29 is 4.79 Å². The Morgan fingerprint density at radius 2 is 2.44 bits per heavy atom. The molecule has 0 saturated carbocycles. The molecule has 0 aromatic carbocycles. The fraction of sp³-hybridized carbons (Fsp3) is 0.500. The maximum Gasteiger partial charge on any atom is 0.272 e. The van der Waals surface area contributed by atoms with Crippen molar-refractivity contribution in [2.24, 2.45) is 11.7 Å². The van der Waals surface area contributed by atoms with Gasteiger partial charge in [-0.1, -0.05) is 13.0 Å². The summed E-state index contributed by atoms with van der Waals surface area (Å²) in [6, 6.07) is 3.62. The molecule has 2 N–H and O–H groups in total. The second-order valence-corrected chi connectivity index (χ2v) is 4.40. The standard InChI is InChI=1S/C12H17N3O/c1-9-4-5-15(8-9)12(16)11-3-2-10(6-13)7-14-11/h2-3,7,9H,4-6,8,13H2,1H3. The van der Waals surface area contributed by atoms with E-state index in [4.69, 9.17) is 5.73 Å². The maximum absolute atomic E-state index is 12.0. The summed E-state index contributed by atoms with van der Waals surface area (Å²) >= 11 is 0. The average molecular weight is 219 g/mol. The first-order valence-electron chi connectivity index (χ1n) is 5.65. The third-order valence-electron chi connectivity index (χ3n) is 2.99. The SMILES string of the molecule is CC1CCN(C(=O)c2ccc(CN)cn2)C1. The molecule has 2 heterocycles. The number of aromatic nitrogens is 1. The summed E-state index contributed by atoms with van der Waals surface area (Å²) in [4.78, 5) is 18.0. The van der Waals surface area contributed by atoms with Crippen LogP contribution in [0.5, 0.6) is 0 Å². The monoisotopic (exact) mass is 219 g/mol. The minimum Gasteiger partial charge on any atom is -0.337 e. The van der Waals surface area contributed by atoms with Crippen LogP contribution in [0.15, 0.2) is 18.3 Å². The van der Waals surface area contributed by atoms with Gasteiger partial charge in [-0.05, 0) is 24.0 Å². The Balaban J connectivity index is 2.08. The molecule has 2 rings (SSSR count). The van der Waals surface area contributed by atoms with Gasteiger partial charge in [0.05, 0.1) is 0 Å². The van der Waals surface area contributed by atoms with Gasteiger partial charge in [-0.3, -0.25) is 9.78 Å². The molecule has 1 amide bonds. The first-order valence-corrected chi connectivity index (χ1v) is 5.65. The zero-order valence-corrected chi connectivity index (χ0v) is 9.52. The molecule has 1 aromatic rings. The van der Waals surface area contributed by atoms with E-state index in [2.05, 4.69) is 11.9 Å². The van der Waals surface area contributed by atoms with Crippen LogP contribution in [0, 0.1) is 5.92 Å². The molecule has 1 saturated heterocycles. The average Bonchev–Trinajstić information content (AvgIpc) is 2.75. The molecule has 4 nitrogen and oxygen atoms in total. The van der Waals surface area contributed by atoms with E-state index >= 15 is 0 Å². The van der Waals surface area contributed by atoms with Gasteiger partial charge in [0.1, 0.15) is 5.69 Å². The molecule has 1 atom stereocenters. The minimum atomic E-state index is 0.0351. The number of carbonyl (C=O) groups is 1. The van der Waals surface area contributed by atoms with E-state index in [0.29, 0.717) is 18.2 Å². The third kappa shape index (κ3) is 2.22. The van der Waals surface area contributed by atoms with E-state index in [1.807, 2.05) is 11.0 Å². The smallest absolute Gasteiger partial charge is 0.272 e. The molecule has 0 bridgehead atoms. The van der Waals surface area contributed by atoms with Gasteiger partial charge in [0.25, 0.3) is 5.91 Å². The first kappa shape index (κ1) is 11.1. The summed E-state index contributed by atoms with van der Waals surface area (Å²) in [7, 11) is 0. The van der Waals surface area contributed by atoms with E-state index in [1.54, 1.807) is 12.3 Å². The lowest BCUT2D eigenvalue weighted by Crippen LogP contribution is -2.29. The van der Waals surface area contributed by atoms with Crippen LogP contribution in [0.1, 0.15) is 29.4 Å². The summed E-state index contributed by atoms with van der Waals surface area (Å²) in [5.74, 6) is 0.639. The molecular formula is C12H17N3O. The van der Waals surface area contributed by atoms with Crippen molar-refractivity contribution in [3.8, 4) is 0 Å². The van der Waals surface area contributed by atoms with Gasteiger partial charge >= 0.3 is 0 Å². The number of pyridine rings is 1. The number of hydrogen-bond donors (Lipinski definition) is 1. The molecule has 0 radical (unpaired) electrons. The van der Waals surface area contributed by atoms with Gasteiger partial charge < -0.3 is 10.6 Å². The lowest BCUT2D eigenvalue weighted by molar-refractivity contribution is 0.0782. The second kappa shape index (κ2) is 4.61. The van der Waals surface area contributed by atoms with Crippen LogP contribution in [-0.4, -0.2) is 28.9 Å². The van der Waals surface area contributed by atoms with Crippen molar-refractivity contribution in [1.29, 1.82) is 0 Å². The third-order valence-corrected chi connectivity index (χ3v) is 2.99. The van der Waals surface area contributed by atoms with Crippen molar-refractivity contribution in [2.75, 3.05) is 13.1 Å². The molecular weight excluding hydrogens is 202 g/mol. The molecule has 0 spiro atoms. The Morgan fingerprint density at radius 1 is 1.62 bits per heavy atom. The van der Waals surface area contributed by atoms with E-state index < -0.39 is 0 Å². The Labute approximate surface area is 95.5 Å². The highest BCUT2D eigenvalue weighted by Gasteiger charge is 2.24. The number of nitrogens with zero attached hydrogens (tertiary/aromatic N) is 2.